The Morgan fingerprint density at radius 2 is 1.80 bits per heavy atom. The molecular formula is C9H18O. The van der Waals surface area contributed by atoms with Gasteiger partial charge >= 0.3 is 0 Å². The van der Waals surface area contributed by atoms with Crippen molar-refractivity contribution in [1.82, 2.24) is 0 Å². The largest absolute Gasteiger partial charge is 0.396 e. The molecule has 10 heavy (non-hydrogen) atoms. The van der Waals surface area contributed by atoms with Crippen molar-refractivity contribution in [2.45, 2.75) is 34.1 Å². The minimum absolute atomic E-state index is 0.335. The van der Waals surface area contributed by atoms with Crippen LogP contribution in [0.5, 0.6) is 0 Å². The molecule has 1 aliphatic carbocycles. The van der Waals surface area contributed by atoms with Crippen LogP contribution >= 0.6 is 0 Å². The number of aliphatic hydroxyl groups excluding tert-OH is 1. The van der Waals surface area contributed by atoms with Crippen LogP contribution in [0.25, 0.3) is 0 Å². The summed E-state index contributed by atoms with van der Waals surface area (Å²) in [7, 11) is 0. The second-order valence-corrected chi connectivity index (χ2v) is 4.69. The Labute approximate surface area is 63.4 Å². The Balaban J connectivity index is 2.65. The minimum atomic E-state index is 0.335. The summed E-state index contributed by atoms with van der Waals surface area (Å²) < 4.78 is 0. The van der Waals surface area contributed by atoms with E-state index in [0.717, 1.165) is 0 Å². The van der Waals surface area contributed by atoms with Gasteiger partial charge in [-0.3, -0.25) is 0 Å². The van der Waals surface area contributed by atoms with Gasteiger partial charge in [-0.25, -0.2) is 0 Å². The second kappa shape index (κ2) is 1.97. The van der Waals surface area contributed by atoms with Crippen LogP contribution in [-0.4, -0.2) is 11.7 Å². The maximum atomic E-state index is 8.95. The predicted octanol–water partition coefficient (Wildman–Crippen LogP) is 2.05. The van der Waals surface area contributed by atoms with E-state index in [0.29, 0.717) is 23.4 Å². The summed E-state index contributed by atoms with van der Waals surface area (Å²) in [6, 6.07) is 0. The maximum absolute atomic E-state index is 8.95. The number of hydrogen-bond acceptors (Lipinski definition) is 1. The molecule has 1 nitrogen and oxygen atoms in total. The molecule has 0 aromatic heterocycles. The molecule has 0 spiro atoms. The van der Waals surface area contributed by atoms with E-state index >= 15 is 0 Å². The first-order valence-electron chi connectivity index (χ1n) is 4.02. The van der Waals surface area contributed by atoms with Crippen LogP contribution in [0.4, 0.5) is 0 Å². The van der Waals surface area contributed by atoms with Gasteiger partial charge in [0.15, 0.2) is 0 Å². The highest BCUT2D eigenvalue weighted by Crippen LogP contribution is 2.59. The normalized spacial score (nSPS) is 35.1. The van der Waals surface area contributed by atoms with Crippen molar-refractivity contribution >= 4 is 0 Å². The Kier molecular flexibility index (Phi) is 1.59. The molecule has 0 radical (unpaired) electrons. The smallest absolute Gasteiger partial charge is 0.0464 e. The van der Waals surface area contributed by atoms with Crippen molar-refractivity contribution in [2.24, 2.45) is 16.7 Å². The lowest BCUT2D eigenvalue weighted by Gasteiger charge is -2.58. The van der Waals surface area contributed by atoms with Crippen LogP contribution < -0.4 is 0 Å². The molecule has 0 amide bonds. The summed E-state index contributed by atoms with van der Waals surface area (Å²) in [5.74, 6) is 0.530. The van der Waals surface area contributed by atoms with Gasteiger partial charge in [-0.2, -0.15) is 0 Å². The molecule has 0 aliphatic heterocycles. The molecular weight excluding hydrogens is 124 g/mol. The monoisotopic (exact) mass is 142 g/mol. The average molecular weight is 142 g/mol. The van der Waals surface area contributed by atoms with Gasteiger partial charge in [-0.15, -0.1) is 0 Å². The van der Waals surface area contributed by atoms with E-state index in [9.17, 15) is 0 Å². The Bertz CT molecular complexity index is 136. The summed E-state index contributed by atoms with van der Waals surface area (Å²) in [4.78, 5) is 0. The fraction of sp³-hybridized carbons (Fsp3) is 1.00. The molecule has 0 aromatic rings. The van der Waals surface area contributed by atoms with Crippen molar-refractivity contribution in [2.75, 3.05) is 6.61 Å². The van der Waals surface area contributed by atoms with E-state index in [1.807, 2.05) is 0 Å². The predicted molar refractivity (Wildman–Crippen MR) is 42.8 cm³/mol. The van der Waals surface area contributed by atoms with Crippen molar-refractivity contribution in [3.63, 3.8) is 0 Å². The molecule has 1 fully saturated rings. The topological polar surface area (TPSA) is 20.2 Å². The third-order valence-corrected chi connectivity index (χ3v) is 3.74. The molecule has 1 rings (SSSR count). The lowest BCUT2D eigenvalue weighted by atomic mass is 9.47. The first kappa shape index (κ1) is 8.06. The molecule has 0 bridgehead atoms. The average Bonchev–Trinajstić information content (AvgIpc) is 1.83. The Hall–Kier alpha value is -0.0400. The molecule has 1 atom stereocenters. The molecule has 0 heterocycles. The Morgan fingerprint density at radius 1 is 1.30 bits per heavy atom. The van der Waals surface area contributed by atoms with E-state index in [4.69, 9.17) is 5.11 Å². The summed E-state index contributed by atoms with van der Waals surface area (Å²) in [6.45, 7) is 9.41. The number of rotatable bonds is 1. The van der Waals surface area contributed by atoms with Crippen molar-refractivity contribution in [3.05, 3.63) is 0 Å². The standard InChI is InChI=1S/C9H18O/c1-8(2)5-7(6-10)9(8,3)4/h7,10H,5-6H2,1-4H3. The summed E-state index contributed by atoms with van der Waals surface area (Å²) in [5, 5.41) is 8.95. The van der Waals surface area contributed by atoms with Gasteiger partial charge in [-0.1, -0.05) is 27.7 Å². The quantitative estimate of drug-likeness (QED) is 0.594. The van der Waals surface area contributed by atoms with Crippen LogP contribution in [0.2, 0.25) is 0 Å². The van der Waals surface area contributed by atoms with Crippen molar-refractivity contribution in [1.29, 1.82) is 0 Å². The molecule has 1 saturated carbocycles. The van der Waals surface area contributed by atoms with E-state index in [1.165, 1.54) is 6.42 Å². The lowest BCUT2D eigenvalue weighted by Crippen LogP contribution is -2.52. The van der Waals surface area contributed by atoms with E-state index in [-0.39, 0.29) is 0 Å². The zero-order valence-corrected chi connectivity index (χ0v) is 7.44. The van der Waals surface area contributed by atoms with E-state index < -0.39 is 0 Å². The third kappa shape index (κ3) is 0.800. The highest BCUT2D eigenvalue weighted by molar-refractivity contribution is 5.02. The van der Waals surface area contributed by atoms with Crippen LogP contribution in [0.1, 0.15) is 34.1 Å². The van der Waals surface area contributed by atoms with Gasteiger partial charge < -0.3 is 5.11 Å². The number of aliphatic hydroxyl groups is 1. The molecule has 1 aliphatic rings. The lowest BCUT2D eigenvalue weighted by molar-refractivity contribution is -0.114. The molecule has 0 saturated heterocycles. The van der Waals surface area contributed by atoms with Gasteiger partial charge in [0.1, 0.15) is 0 Å². The van der Waals surface area contributed by atoms with Crippen molar-refractivity contribution < 1.29 is 5.11 Å². The Morgan fingerprint density at radius 3 is 1.90 bits per heavy atom. The maximum Gasteiger partial charge on any atom is 0.0464 e. The molecule has 60 valence electrons. The van der Waals surface area contributed by atoms with Crippen LogP contribution in [0.3, 0.4) is 0 Å². The third-order valence-electron chi connectivity index (χ3n) is 3.74. The highest BCUT2D eigenvalue weighted by Gasteiger charge is 2.53. The van der Waals surface area contributed by atoms with E-state index in [1.54, 1.807) is 0 Å². The first-order chi connectivity index (χ1) is 4.42. The summed E-state index contributed by atoms with van der Waals surface area (Å²) in [5.41, 5.74) is 0.766. The first-order valence-corrected chi connectivity index (χ1v) is 4.02. The zero-order valence-electron chi connectivity index (χ0n) is 7.44. The fourth-order valence-electron chi connectivity index (χ4n) is 1.85. The van der Waals surface area contributed by atoms with Gasteiger partial charge in [0.2, 0.25) is 0 Å². The van der Waals surface area contributed by atoms with Crippen LogP contribution in [0.15, 0.2) is 0 Å². The minimum Gasteiger partial charge on any atom is -0.396 e. The van der Waals surface area contributed by atoms with Gasteiger partial charge in [0, 0.05) is 6.61 Å². The highest BCUT2D eigenvalue weighted by atomic mass is 16.3. The zero-order chi connectivity index (χ0) is 7.99. The molecule has 1 N–H and O–H groups in total. The van der Waals surface area contributed by atoms with Crippen molar-refractivity contribution in [3.8, 4) is 0 Å². The number of hydrogen-bond donors (Lipinski definition) is 1. The van der Waals surface area contributed by atoms with Gasteiger partial charge in [0.05, 0.1) is 0 Å². The summed E-state index contributed by atoms with van der Waals surface area (Å²) >= 11 is 0. The molecule has 1 heteroatoms. The SMILES string of the molecule is CC1(C)CC(CO)C1(C)C. The van der Waals surface area contributed by atoms with Gasteiger partial charge in [0.25, 0.3) is 0 Å². The molecule has 1 unspecified atom stereocenters. The fourth-order valence-corrected chi connectivity index (χ4v) is 1.85. The van der Waals surface area contributed by atoms with Crippen LogP contribution in [-0.2, 0) is 0 Å². The molecule has 0 aromatic carbocycles. The van der Waals surface area contributed by atoms with E-state index in [2.05, 4.69) is 27.7 Å². The van der Waals surface area contributed by atoms with Gasteiger partial charge in [-0.05, 0) is 23.2 Å². The second-order valence-electron chi connectivity index (χ2n) is 4.69. The summed E-state index contributed by atoms with van der Waals surface area (Å²) in [6.07, 6.45) is 1.18. The van der Waals surface area contributed by atoms with Crippen LogP contribution in [0, 0.1) is 16.7 Å².